The van der Waals surface area contributed by atoms with Crippen LogP contribution in [-0.2, 0) is 9.63 Å². The highest BCUT2D eigenvalue weighted by Gasteiger charge is 2.42. The van der Waals surface area contributed by atoms with Crippen molar-refractivity contribution in [2.24, 2.45) is 17.8 Å². The van der Waals surface area contributed by atoms with Crippen molar-refractivity contribution in [3.05, 3.63) is 35.4 Å². The van der Waals surface area contributed by atoms with Gasteiger partial charge in [0.2, 0.25) is 0 Å². The highest BCUT2D eigenvalue weighted by atomic mass is 16.7. The Hall–Kier alpha value is -2.17. The Morgan fingerprint density at radius 2 is 1.67 bits per heavy atom. The standard InChI is InChI=1S/C16H17NO4/c1-9(2)10-7-11(8-10)16(20)21-17-14(18)12-5-3-4-6-13(12)15(17)19/h3-6,9-11H,7-8H2,1-2H3. The molecule has 2 amide bonds. The largest absolute Gasteiger partial charge is 0.336 e. The van der Waals surface area contributed by atoms with E-state index in [0.29, 0.717) is 16.9 Å². The van der Waals surface area contributed by atoms with E-state index >= 15 is 0 Å². The number of amides is 2. The highest BCUT2D eigenvalue weighted by Crippen LogP contribution is 2.39. The Bertz CT molecular complexity index is 581. The fraction of sp³-hybridized carbons (Fsp3) is 0.438. The molecule has 5 heteroatoms. The molecule has 1 saturated carbocycles. The van der Waals surface area contributed by atoms with E-state index in [-0.39, 0.29) is 17.0 Å². The summed E-state index contributed by atoms with van der Waals surface area (Å²) in [4.78, 5) is 41.2. The molecule has 21 heavy (non-hydrogen) atoms. The fourth-order valence-corrected chi connectivity index (χ4v) is 2.81. The van der Waals surface area contributed by atoms with E-state index in [0.717, 1.165) is 12.8 Å². The third-order valence-electron chi connectivity index (χ3n) is 4.39. The second-order valence-corrected chi connectivity index (χ2v) is 6.03. The van der Waals surface area contributed by atoms with Crippen LogP contribution in [0.1, 0.15) is 47.4 Å². The molecule has 2 aliphatic rings. The minimum Gasteiger partial charge on any atom is -0.329 e. The first-order valence-corrected chi connectivity index (χ1v) is 7.18. The van der Waals surface area contributed by atoms with Crippen molar-refractivity contribution in [3.63, 3.8) is 0 Å². The van der Waals surface area contributed by atoms with Gasteiger partial charge in [-0.3, -0.25) is 9.59 Å². The van der Waals surface area contributed by atoms with Crippen LogP contribution in [0.2, 0.25) is 0 Å². The van der Waals surface area contributed by atoms with Gasteiger partial charge in [-0.2, -0.15) is 0 Å². The topological polar surface area (TPSA) is 63.7 Å². The van der Waals surface area contributed by atoms with Crippen molar-refractivity contribution >= 4 is 17.8 Å². The molecule has 1 aromatic rings. The average Bonchev–Trinajstić information content (AvgIpc) is 2.62. The van der Waals surface area contributed by atoms with E-state index in [1.165, 1.54) is 0 Å². The van der Waals surface area contributed by atoms with Gasteiger partial charge in [0.25, 0.3) is 11.8 Å². The number of fused-ring (bicyclic) bond motifs is 1. The molecule has 0 aromatic heterocycles. The van der Waals surface area contributed by atoms with Gasteiger partial charge in [-0.1, -0.05) is 31.0 Å². The molecule has 0 saturated heterocycles. The van der Waals surface area contributed by atoms with E-state index in [1.54, 1.807) is 24.3 Å². The number of hydroxylamine groups is 2. The molecule has 1 aromatic carbocycles. The molecular formula is C16H17NO4. The van der Waals surface area contributed by atoms with Gasteiger partial charge in [-0.15, -0.1) is 0 Å². The normalized spacial score (nSPS) is 24.0. The summed E-state index contributed by atoms with van der Waals surface area (Å²) in [6, 6.07) is 6.46. The van der Waals surface area contributed by atoms with Crippen LogP contribution < -0.4 is 0 Å². The molecule has 3 rings (SSSR count). The lowest BCUT2D eigenvalue weighted by atomic mass is 9.69. The van der Waals surface area contributed by atoms with Crippen LogP contribution in [0, 0.1) is 17.8 Å². The van der Waals surface area contributed by atoms with Crippen LogP contribution in [-0.4, -0.2) is 22.8 Å². The summed E-state index contributed by atoms with van der Waals surface area (Å²) in [5, 5.41) is 0.593. The van der Waals surface area contributed by atoms with Crippen LogP contribution in [0.3, 0.4) is 0 Å². The second kappa shape index (κ2) is 4.98. The molecule has 0 atom stereocenters. The maximum atomic E-state index is 12.1. The summed E-state index contributed by atoms with van der Waals surface area (Å²) >= 11 is 0. The second-order valence-electron chi connectivity index (χ2n) is 6.03. The summed E-state index contributed by atoms with van der Waals surface area (Å²) in [6.45, 7) is 4.24. The maximum Gasteiger partial charge on any atom is 0.336 e. The lowest BCUT2D eigenvalue weighted by molar-refractivity contribution is -0.179. The quantitative estimate of drug-likeness (QED) is 0.801. The molecule has 0 spiro atoms. The molecule has 0 N–H and O–H groups in total. The number of rotatable bonds is 3. The predicted octanol–water partition coefficient (Wildman–Crippen LogP) is 2.42. The Kier molecular flexibility index (Phi) is 3.27. The van der Waals surface area contributed by atoms with E-state index in [9.17, 15) is 14.4 Å². The number of carbonyl (C=O) groups is 3. The number of nitrogens with zero attached hydrogens (tertiary/aromatic N) is 1. The Morgan fingerprint density at radius 1 is 1.14 bits per heavy atom. The monoisotopic (exact) mass is 287 g/mol. The minimum atomic E-state index is -0.566. The van der Waals surface area contributed by atoms with Gasteiger partial charge in [0.15, 0.2) is 0 Å². The van der Waals surface area contributed by atoms with Crippen molar-refractivity contribution in [1.82, 2.24) is 5.06 Å². The fourth-order valence-electron chi connectivity index (χ4n) is 2.81. The van der Waals surface area contributed by atoms with E-state index in [1.807, 2.05) is 0 Å². The van der Waals surface area contributed by atoms with Gasteiger partial charge in [-0.25, -0.2) is 4.79 Å². The molecule has 1 aliphatic heterocycles. The van der Waals surface area contributed by atoms with Crippen molar-refractivity contribution in [3.8, 4) is 0 Å². The van der Waals surface area contributed by atoms with Crippen molar-refractivity contribution in [1.29, 1.82) is 0 Å². The van der Waals surface area contributed by atoms with E-state index in [4.69, 9.17) is 4.84 Å². The Morgan fingerprint density at radius 3 is 2.14 bits per heavy atom. The van der Waals surface area contributed by atoms with Crippen LogP contribution in [0.25, 0.3) is 0 Å². The molecule has 0 bridgehead atoms. The molecule has 1 heterocycles. The van der Waals surface area contributed by atoms with Gasteiger partial charge < -0.3 is 4.84 Å². The third kappa shape index (κ3) is 2.22. The zero-order valence-electron chi connectivity index (χ0n) is 12.0. The van der Waals surface area contributed by atoms with Crippen LogP contribution >= 0.6 is 0 Å². The number of imide groups is 1. The number of hydrogen-bond donors (Lipinski definition) is 0. The molecule has 1 fully saturated rings. The maximum absolute atomic E-state index is 12.1. The predicted molar refractivity (Wildman–Crippen MR) is 74.1 cm³/mol. The van der Waals surface area contributed by atoms with E-state index in [2.05, 4.69) is 13.8 Å². The number of carbonyl (C=O) groups excluding carboxylic acids is 3. The molecule has 0 unspecified atom stereocenters. The molecule has 0 radical (unpaired) electrons. The molecule has 1 aliphatic carbocycles. The first-order chi connectivity index (χ1) is 9.99. The average molecular weight is 287 g/mol. The van der Waals surface area contributed by atoms with Crippen molar-refractivity contribution < 1.29 is 19.2 Å². The Balaban J connectivity index is 1.66. The summed E-state index contributed by atoms with van der Waals surface area (Å²) < 4.78 is 0. The van der Waals surface area contributed by atoms with Gasteiger partial charge in [0.1, 0.15) is 0 Å². The van der Waals surface area contributed by atoms with E-state index < -0.39 is 17.8 Å². The molecule has 110 valence electrons. The lowest BCUT2D eigenvalue weighted by Crippen LogP contribution is -2.40. The van der Waals surface area contributed by atoms with Crippen LogP contribution in [0.4, 0.5) is 0 Å². The number of benzene rings is 1. The van der Waals surface area contributed by atoms with Crippen LogP contribution in [0.15, 0.2) is 24.3 Å². The zero-order chi connectivity index (χ0) is 15.1. The zero-order valence-corrected chi connectivity index (χ0v) is 12.0. The summed E-state index contributed by atoms with van der Waals surface area (Å²) in [5.41, 5.74) is 0.563. The summed E-state index contributed by atoms with van der Waals surface area (Å²) in [7, 11) is 0. The SMILES string of the molecule is CC(C)C1CC(C(=O)ON2C(=O)c3ccccc3C2=O)C1. The highest BCUT2D eigenvalue weighted by molar-refractivity contribution is 6.20. The van der Waals surface area contributed by atoms with Gasteiger partial charge in [0.05, 0.1) is 17.0 Å². The van der Waals surface area contributed by atoms with Crippen molar-refractivity contribution in [2.45, 2.75) is 26.7 Å². The van der Waals surface area contributed by atoms with Crippen LogP contribution in [0.5, 0.6) is 0 Å². The third-order valence-corrected chi connectivity index (χ3v) is 4.39. The smallest absolute Gasteiger partial charge is 0.329 e. The number of hydrogen-bond acceptors (Lipinski definition) is 4. The first-order valence-electron chi connectivity index (χ1n) is 7.18. The molecule has 5 nitrogen and oxygen atoms in total. The van der Waals surface area contributed by atoms with Gasteiger partial charge in [-0.05, 0) is 36.8 Å². The molecular weight excluding hydrogens is 270 g/mol. The first kappa shape index (κ1) is 13.8. The van der Waals surface area contributed by atoms with Crippen molar-refractivity contribution in [2.75, 3.05) is 0 Å². The van der Waals surface area contributed by atoms with Gasteiger partial charge >= 0.3 is 5.97 Å². The Labute approximate surface area is 122 Å². The summed E-state index contributed by atoms with van der Waals surface area (Å²) in [5.74, 6) is -0.770. The minimum absolute atomic E-state index is 0.207. The summed E-state index contributed by atoms with van der Waals surface area (Å²) in [6.07, 6.45) is 1.53. The lowest BCUT2D eigenvalue weighted by Gasteiger charge is -2.36. The van der Waals surface area contributed by atoms with Gasteiger partial charge in [0, 0.05) is 0 Å².